The van der Waals surface area contributed by atoms with Crippen molar-refractivity contribution in [2.75, 3.05) is 13.2 Å². The number of aliphatic hydroxyl groups excluding tert-OH is 1. The lowest BCUT2D eigenvalue weighted by molar-refractivity contribution is -0.227. The zero-order valence-electron chi connectivity index (χ0n) is 17.3. The minimum atomic E-state index is -0.877. The Labute approximate surface area is 159 Å². The van der Waals surface area contributed by atoms with E-state index in [0.717, 1.165) is 37.7 Å². The van der Waals surface area contributed by atoms with Gasteiger partial charge in [0.05, 0.1) is 29.5 Å². The van der Waals surface area contributed by atoms with E-state index in [-0.39, 0.29) is 23.9 Å². The summed E-state index contributed by atoms with van der Waals surface area (Å²) in [4.78, 5) is 0. The second kappa shape index (κ2) is 8.55. The average Bonchev–Trinajstić information content (AvgIpc) is 2.57. The maximum atomic E-state index is 10.7. The third-order valence-corrected chi connectivity index (χ3v) is 6.24. The highest BCUT2D eigenvalue weighted by molar-refractivity contribution is 5.15. The molecule has 4 heteroatoms. The number of hydrogen-bond acceptors (Lipinski definition) is 4. The lowest BCUT2D eigenvalue weighted by atomic mass is 9.75. The molecule has 0 aliphatic carbocycles. The van der Waals surface area contributed by atoms with Gasteiger partial charge in [0, 0.05) is 6.61 Å². The minimum Gasteiger partial charge on any atom is -0.392 e. The highest BCUT2D eigenvalue weighted by atomic mass is 16.6. The van der Waals surface area contributed by atoms with Gasteiger partial charge in [0.15, 0.2) is 0 Å². The molecule has 2 aliphatic heterocycles. The lowest BCUT2D eigenvalue weighted by Crippen LogP contribution is -2.56. The Kier molecular flexibility index (Phi) is 7.11. The molecule has 2 N–H and O–H groups in total. The van der Waals surface area contributed by atoms with Crippen LogP contribution in [-0.4, -0.2) is 46.3 Å². The van der Waals surface area contributed by atoms with Gasteiger partial charge in [0.1, 0.15) is 0 Å². The molecule has 2 rings (SSSR count). The summed E-state index contributed by atoms with van der Waals surface area (Å²) < 4.78 is 12.9. The zero-order valence-corrected chi connectivity index (χ0v) is 17.3. The van der Waals surface area contributed by atoms with Crippen molar-refractivity contribution >= 4 is 0 Å². The first kappa shape index (κ1) is 21.6. The third kappa shape index (κ3) is 4.98. The van der Waals surface area contributed by atoms with Crippen LogP contribution in [0.5, 0.6) is 0 Å². The van der Waals surface area contributed by atoms with Crippen molar-refractivity contribution in [1.82, 2.24) is 0 Å². The van der Waals surface area contributed by atoms with E-state index in [1.54, 1.807) is 0 Å². The fourth-order valence-corrected chi connectivity index (χ4v) is 4.19. The van der Waals surface area contributed by atoms with E-state index in [1.165, 1.54) is 0 Å². The van der Waals surface area contributed by atoms with E-state index in [4.69, 9.17) is 9.47 Å². The van der Waals surface area contributed by atoms with Gasteiger partial charge in [-0.1, -0.05) is 32.1 Å². The largest absolute Gasteiger partial charge is 0.392 e. The molecule has 4 atom stereocenters. The fraction of sp³-hybridized carbons (Fsp3) is 0.818. The van der Waals surface area contributed by atoms with Crippen LogP contribution >= 0.6 is 0 Å². The first-order chi connectivity index (χ1) is 12.2. The van der Waals surface area contributed by atoms with Gasteiger partial charge in [-0.25, -0.2) is 0 Å². The van der Waals surface area contributed by atoms with Crippen molar-refractivity contribution in [3.8, 4) is 0 Å². The summed E-state index contributed by atoms with van der Waals surface area (Å²) in [7, 11) is 0. The quantitative estimate of drug-likeness (QED) is 0.734. The standard InChI is InChI=1S/C22H38O4/c1-6-25-21(5)13-15-22(17(2)3)14-12-20(4,24)11-7-8-18(16-23)9-10-19(21)26-22/h8,12,14,17,19,23-24H,6-7,9-11,13,15-16H2,1-5H3. The summed E-state index contributed by atoms with van der Waals surface area (Å²) >= 11 is 0. The molecule has 0 spiro atoms. The molecule has 1 fully saturated rings. The molecule has 0 aromatic heterocycles. The monoisotopic (exact) mass is 366 g/mol. The molecule has 26 heavy (non-hydrogen) atoms. The predicted molar refractivity (Wildman–Crippen MR) is 105 cm³/mol. The Bertz CT molecular complexity index is 522. The lowest BCUT2D eigenvalue weighted by Gasteiger charge is -2.51. The van der Waals surface area contributed by atoms with Gasteiger partial charge in [-0.2, -0.15) is 0 Å². The summed E-state index contributed by atoms with van der Waals surface area (Å²) in [6.07, 6.45) is 10.9. The number of hydrogen-bond donors (Lipinski definition) is 2. The van der Waals surface area contributed by atoms with E-state index < -0.39 is 5.60 Å². The summed E-state index contributed by atoms with van der Waals surface area (Å²) in [5.41, 5.74) is -0.548. The summed E-state index contributed by atoms with van der Waals surface area (Å²) in [6.45, 7) is 11.1. The number of allylic oxidation sites excluding steroid dienone is 1. The van der Waals surface area contributed by atoms with Gasteiger partial charge in [-0.05, 0) is 70.8 Å². The number of rotatable bonds is 4. The van der Waals surface area contributed by atoms with Crippen LogP contribution in [0.25, 0.3) is 0 Å². The Balaban J connectivity index is 2.40. The summed E-state index contributed by atoms with van der Waals surface area (Å²) in [6, 6.07) is 0. The maximum Gasteiger partial charge on any atom is 0.0916 e. The van der Waals surface area contributed by atoms with E-state index >= 15 is 0 Å². The molecule has 0 aromatic rings. The predicted octanol–water partition coefficient (Wildman–Crippen LogP) is 4.16. The van der Waals surface area contributed by atoms with Crippen molar-refractivity contribution in [1.29, 1.82) is 0 Å². The van der Waals surface area contributed by atoms with Crippen molar-refractivity contribution in [2.24, 2.45) is 5.92 Å². The highest BCUT2D eigenvalue weighted by Gasteiger charge is 2.48. The molecule has 150 valence electrons. The van der Waals surface area contributed by atoms with Crippen LogP contribution in [0.3, 0.4) is 0 Å². The fourth-order valence-electron chi connectivity index (χ4n) is 4.19. The van der Waals surface area contributed by atoms with Gasteiger partial charge < -0.3 is 19.7 Å². The summed E-state index contributed by atoms with van der Waals surface area (Å²) in [5.74, 6) is 0.305. The van der Waals surface area contributed by atoms with Crippen LogP contribution in [0.15, 0.2) is 23.8 Å². The first-order valence-electron chi connectivity index (χ1n) is 10.2. The maximum absolute atomic E-state index is 10.7. The Hall–Kier alpha value is -0.680. The van der Waals surface area contributed by atoms with Crippen molar-refractivity contribution in [2.45, 2.75) is 96.1 Å². The Morgan fingerprint density at radius 1 is 1.23 bits per heavy atom. The van der Waals surface area contributed by atoms with Crippen LogP contribution in [0.1, 0.15) is 73.1 Å². The molecule has 1 saturated heterocycles. The Morgan fingerprint density at radius 3 is 2.58 bits per heavy atom. The topological polar surface area (TPSA) is 58.9 Å². The highest BCUT2D eigenvalue weighted by Crippen LogP contribution is 2.44. The van der Waals surface area contributed by atoms with Gasteiger partial charge in [-0.3, -0.25) is 0 Å². The molecule has 2 heterocycles. The van der Waals surface area contributed by atoms with Gasteiger partial charge in [-0.15, -0.1) is 0 Å². The molecule has 0 radical (unpaired) electrons. The zero-order chi connectivity index (χ0) is 19.4. The van der Waals surface area contributed by atoms with Crippen molar-refractivity contribution < 1.29 is 19.7 Å². The van der Waals surface area contributed by atoms with Gasteiger partial charge in [0.2, 0.25) is 0 Å². The Morgan fingerprint density at radius 2 is 1.96 bits per heavy atom. The molecular formula is C22H38O4. The number of fused-ring (bicyclic) bond motifs is 2. The SMILES string of the molecule is CCOC1(C)CCC2(C(C)C)C=CC(C)(O)CCC=C(CO)CCC1O2. The molecule has 0 aromatic carbocycles. The summed E-state index contributed by atoms with van der Waals surface area (Å²) in [5, 5.41) is 20.4. The van der Waals surface area contributed by atoms with Gasteiger partial charge >= 0.3 is 0 Å². The van der Waals surface area contributed by atoms with Gasteiger partial charge in [0.25, 0.3) is 0 Å². The normalized spacial score (nSPS) is 39.2. The smallest absolute Gasteiger partial charge is 0.0916 e. The molecule has 4 unspecified atom stereocenters. The van der Waals surface area contributed by atoms with Crippen LogP contribution < -0.4 is 0 Å². The van der Waals surface area contributed by atoms with E-state index in [1.807, 2.05) is 19.9 Å². The van der Waals surface area contributed by atoms with E-state index in [0.29, 0.717) is 18.9 Å². The van der Waals surface area contributed by atoms with Crippen LogP contribution in [0, 0.1) is 5.92 Å². The minimum absolute atomic E-state index is 0.0393. The number of aliphatic hydroxyl groups is 2. The molecule has 0 saturated carbocycles. The van der Waals surface area contributed by atoms with E-state index in [2.05, 4.69) is 32.9 Å². The average molecular weight is 367 g/mol. The van der Waals surface area contributed by atoms with Crippen LogP contribution in [0.4, 0.5) is 0 Å². The van der Waals surface area contributed by atoms with Crippen LogP contribution in [-0.2, 0) is 9.47 Å². The molecule has 4 nitrogen and oxygen atoms in total. The molecule has 2 aliphatic rings. The first-order valence-corrected chi connectivity index (χ1v) is 10.2. The van der Waals surface area contributed by atoms with E-state index in [9.17, 15) is 10.2 Å². The third-order valence-electron chi connectivity index (χ3n) is 6.24. The molecule has 0 amide bonds. The second-order valence-corrected chi connectivity index (χ2v) is 8.75. The van der Waals surface area contributed by atoms with Crippen molar-refractivity contribution in [3.63, 3.8) is 0 Å². The molecule has 2 bridgehead atoms. The van der Waals surface area contributed by atoms with Crippen molar-refractivity contribution in [3.05, 3.63) is 23.8 Å². The molecular weight excluding hydrogens is 328 g/mol. The van der Waals surface area contributed by atoms with Crippen LogP contribution in [0.2, 0.25) is 0 Å². The number of ether oxygens (including phenoxy) is 2. The second-order valence-electron chi connectivity index (χ2n) is 8.75.